The number of ether oxygens (including phenoxy) is 1. The Labute approximate surface area is 97.8 Å². The van der Waals surface area contributed by atoms with E-state index in [0.29, 0.717) is 0 Å². The second-order valence-corrected chi connectivity index (χ2v) is 4.65. The van der Waals surface area contributed by atoms with E-state index < -0.39 is 0 Å². The van der Waals surface area contributed by atoms with Gasteiger partial charge in [-0.3, -0.25) is 0 Å². The van der Waals surface area contributed by atoms with Crippen LogP contribution in [0.1, 0.15) is 30.9 Å². The highest BCUT2D eigenvalue weighted by molar-refractivity contribution is 5.30. The van der Waals surface area contributed by atoms with Crippen molar-refractivity contribution in [2.24, 2.45) is 5.73 Å². The van der Waals surface area contributed by atoms with Crippen molar-refractivity contribution in [3.05, 3.63) is 35.4 Å². The Morgan fingerprint density at radius 1 is 1.19 bits per heavy atom. The van der Waals surface area contributed by atoms with Gasteiger partial charge in [-0.05, 0) is 30.4 Å². The first-order valence-corrected chi connectivity index (χ1v) is 6.18. The Kier molecular flexibility index (Phi) is 3.62. The van der Waals surface area contributed by atoms with Crippen LogP contribution in [-0.2, 0) is 16.6 Å². The van der Waals surface area contributed by atoms with Crippen molar-refractivity contribution < 1.29 is 4.74 Å². The second-order valence-electron chi connectivity index (χ2n) is 4.65. The first kappa shape index (κ1) is 11.6. The topological polar surface area (TPSA) is 35.2 Å². The minimum atomic E-state index is 0.157. The predicted molar refractivity (Wildman–Crippen MR) is 66.6 cm³/mol. The van der Waals surface area contributed by atoms with Gasteiger partial charge in [-0.2, -0.15) is 0 Å². The SMILES string of the molecule is CCc1ccc(C2(CN)CCOCC2)cc1. The van der Waals surface area contributed by atoms with Crippen LogP contribution in [0.4, 0.5) is 0 Å². The molecule has 1 aromatic carbocycles. The lowest BCUT2D eigenvalue weighted by Crippen LogP contribution is -2.40. The van der Waals surface area contributed by atoms with E-state index in [1.807, 2.05) is 0 Å². The molecule has 1 heterocycles. The molecule has 0 atom stereocenters. The molecule has 16 heavy (non-hydrogen) atoms. The lowest BCUT2D eigenvalue weighted by molar-refractivity contribution is 0.0529. The monoisotopic (exact) mass is 219 g/mol. The van der Waals surface area contributed by atoms with E-state index in [-0.39, 0.29) is 5.41 Å². The quantitative estimate of drug-likeness (QED) is 0.846. The van der Waals surface area contributed by atoms with Gasteiger partial charge in [0.1, 0.15) is 0 Å². The van der Waals surface area contributed by atoms with E-state index in [1.165, 1.54) is 11.1 Å². The first-order chi connectivity index (χ1) is 7.80. The summed E-state index contributed by atoms with van der Waals surface area (Å²) in [6.45, 7) is 4.59. The minimum Gasteiger partial charge on any atom is -0.381 e. The van der Waals surface area contributed by atoms with Gasteiger partial charge in [0, 0.05) is 25.2 Å². The van der Waals surface area contributed by atoms with Crippen LogP contribution in [0.2, 0.25) is 0 Å². The van der Waals surface area contributed by atoms with Gasteiger partial charge in [-0.25, -0.2) is 0 Å². The van der Waals surface area contributed by atoms with Crippen LogP contribution < -0.4 is 5.73 Å². The molecule has 1 aromatic rings. The van der Waals surface area contributed by atoms with Gasteiger partial charge in [0.2, 0.25) is 0 Å². The molecule has 0 saturated carbocycles. The molecule has 1 aliphatic heterocycles. The molecular formula is C14H21NO. The fourth-order valence-corrected chi connectivity index (χ4v) is 2.47. The molecule has 1 fully saturated rings. The van der Waals surface area contributed by atoms with Gasteiger partial charge in [-0.1, -0.05) is 31.2 Å². The van der Waals surface area contributed by atoms with Crippen LogP contribution in [0.25, 0.3) is 0 Å². The fraction of sp³-hybridized carbons (Fsp3) is 0.571. The van der Waals surface area contributed by atoms with Crippen LogP contribution in [0.3, 0.4) is 0 Å². The van der Waals surface area contributed by atoms with Crippen LogP contribution >= 0.6 is 0 Å². The average molecular weight is 219 g/mol. The summed E-state index contributed by atoms with van der Waals surface area (Å²) in [5.74, 6) is 0. The van der Waals surface area contributed by atoms with Gasteiger partial charge in [0.25, 0.3) is 0 Å². The van der Waals surface area contributed by atoms with Crippen LogP contribution in [0, 0.1) is 0 Å². The molecule has 1 aliphatic rings. The fourth-order valence-electron chi connectivity index (χ4n) is 2.47. The van der Waals surface area contributed by atoms with E-state index >= 15 is 0 Å². The molecule has 2 N–H and O–H groups in total. The van der Waals surface area contributed by atoms with E-state index in [2.05, 4.69) is 31.2 Å². The lowest BCUT2D eigenvalue weighted by Gasteiger charge is -2.36. The summed E-state index contributed by atoms with van der Waals surface area (Å²) in [6.07, 6.45) is 3.20. The molecule has 2 nitrogen and oxygen atoms in total. The number of nitrogens with two attached hydrogens (primary N) is 1. The summed E-state index contributed by atoms with van der Waals surface area (Å²) >= 11 is 0. The Bertz CT molecular complexity index is 325. The van der Waals surface area contributed by atoms with Crippen LogP contribution in [0.5, 0.6) is 0 Å². The third kappa shape index (κ3) is 2.13. The van der Waals surface area contributed by atoms with Crippen molar-refractivity contribution in [1.82, 2.24) is 0 Å². The zero-order chi connectivity index (χ0) is 11.4. The summed E-state index contributed by atoms with van der Waals surface area (Å²) in [6, 6.07) is 8.94. The molecular weight excluding hydrogens is 198 g/mol. The Morgan fingerprint density at radius 3 is 2.31 bits per heavy atom. The highest BCUT2D eigenvalue weighted by Crippen LogP contribution is 2.33. The van der Waals surface area contributed by atoms with Gasteiger partial charge in [0.05, 0.1) is 0 Å². The molecule has 2 heteroatoms. The maximum absolute atomic E-state index is 5.99. The normalized spacial score (nSPS) is 19.6. The summed E-state index contributed by atoms with van der Waals surface area (Å²) in [5.41, 5.74) is 8.92. The molecule has 1 saturated heterocycles. The number of hydrogen-bond donors (Lipinski definition) is 1. The number of hydrogen-bond acceptors (Lipinski definition) is 2. The van der Waals surface area contributed by atoms with E-state index in [9.17, 15) is 0 Å². The standard InChI is InChI=1S/C14H21NO/c1-2-12-3-5-13(6-4-12)14(11-15)7-9-16-10-8-14/h3-6H,2,7-11,15H2,1H3. The summed E-state index contributed by atoms with van der Waals surface area (Å²) in [4.78, 5) is 0. The van der Waals surface area contributed by atoms with Crippen molar-refractivity contribution in [2.75, 3.05) is 19.8 Å². The highest BCUT2D eigenvalue weighted by Gasteiger charge is 2.32. The van der Waals surface area contributed by atoms with Crippen molar-refractivity contribution in [3.8, 4) is 0 Å². The number of aryl methyl sites for hydroxylation is 1. The molecule has 0 aliphatic carbocycles. The van der Waals surface area contributed by atoms with Crippen LogP contribution in [-0.4, -0.2) is 19.8 Å². The predicted octanol–water partition coefficient (Wildman–Crippen LogP) is 2.26. The van der Waals surface area contributed by atoms with Crippen LogP contribution in [0.15, 0.2) is 24.3 Å². The molecule has 0 bridgehead atoms. The Hall–Kier alpha value is -0.860. The van der Waals surface area contributed by atoms with Crippen molar-refractivity contribution in [3.63, 3.8) is 0 Å². The Balaban J connectivity index is 2.24. The maximum atomic E-state index is 5.99. The van der Waals surface area contributed by atoms with Gasteiger partial charge in [-0.15, -0.1) is 0 Å². The van der Waals surface area contributed by atoms with E-state index in [1.54, 1.807) is 0 Å². The highest BCUT2D eigenvalue weighted by atomic mass is 16.5. The zero-order valence-electron chi connectivity index (χ0n) is 10.0. The molecule has 0 unspecified atom stereocenters. The summed E-state index contributed by atoms with van der Waals surface area (Å²) < 4.78 is 5.44. The smallest absolute Gasteiger partial charge is 0.0475 e. The van der Waals surface area contributed by atoms with E-state index in [4.69, 9.17) is 10.5 Å². The third-order valence-electron chi connectivity index (χ3n) is 3.82. The molecule has 0 amide bonds. The first-order valence-electron chi connectivity index (χ1n) is 6.18. The molecule has 0 radical (unpaired) electrons. The lowest BCUT2D eigenvalue weighted by atomic mass is 9.74. The van der Waals surface area contributed by atoms with Crippen molar-refractivity contribution >= 4 is 0 Å². The summed E-state index contributed by atoms with van der Waals surface area (Å²) in [5, 5.41) is 0. The van der Waals surface area contributed by atoms with Gasteiger partial charge >= 0.3 is 0 Å². The minimum absolute atomic E-state index is 0.157. The second kappa shape index (κ2) is 4.98. The van der Waals surface area contributed by atoms with Gasteiger partial charge in [0.15, 0.2) is 0 Å². The summed E-state index contributed by atoms with van der Waals surface area (Å²) in [7, 11) is 0. The Morgan fingerprint density at radius 2 is 1.81 bits per heavy atom. The maximum Gasteiger partial charge on any atom is 0.0475 e. The number of rotatable bonds is 3. The van der Waals surface area contributed by atoms with Crippen molar-refractivity contribution in [1.29, 1.82) is 0 Å². The zero-order valence-corrected chi connectivity index (χ0v) is 10.0. The average Bonchev–Trinajstić information content (AvgIpc) is 2.39. The molecule has 0 aromatic heterocycles. The van der Waals surface area contributed by atoms with Gasteiger partial charge < -0.3 is 10.5 Å². The molecule has 0 spiro atoms. The number of benzene rings is 1. The van der Waals surface area contributed by atoms with Crippen molar-refractivity contribution in [2.45, 2.75) is 31.6 Å². The van der Waals surface area contributed by atoms with E-state index in [0.717, 1.165) is 39.0 Å². The largest absolute Gasteiger partial charge is 0.381 e. The molecule has 2 rings (SSSR count). The third-order valence-corrected chi connectivity index (χ3v) is 3.82. The molecule has 88 valence electrons.